The summed E-state index contributed by atoms with van der Waals surface area (Å²) >= 11 is 1.44. The van der Waals surface area contributed by atoms with Crippen LogP contribution >= 0.6 is 11.3 Å². The van der Waals surface area contributed by atoms with E-state index in [4.69, 9.17) is 0 Å². The molecule has 0 bridgehead atoms. The first-order valence-electron chi connectivity index (χ1n) is 6.64. The second kappa shape index (κ2) is 6.55. The van der Waals surface area contributed by atoms with Gasteiger partial charge in [0, 0.05) is 29.0 Å². The van der Waals surface area contributed by atoms with E-state index in [0.717, 1.165) is 4.88 Å². The van der Waals surface area contributed by atoms with Gasteiger partial charge in [-0.05, 0) is 25.1 Å². The number of pyridine rings is 1. The van der Waals surface area contributed by atoms with Crippen LogP contribution < -0.4 is 10.0 Å². The molecule has 7 heteroatoms. The van der Waals surface area contributed by atoms with Crippen LogP contribution in [0.25, 0.3) is 0 Å². The van der Waals surface area contributed by atoms with Crippen molar-refractivity contribution < 1.29 is 8.42 Å². The van der Waals surface area contributed by atoms with Crippen molar-refractivity contribution in [3.63, 3.8) is 0 Å². The number of thiophene rings is 1. The van der Waals surface area contributed by atoms with Crippen LogP contribution in [-0.4, -0.2) is 19.4 Å². The Balaban J connectivity index is 2.15. The lowest BCUT2D eigenvalue weighted by atomic mass is 10.3. The van der Waals surface area contributed by atoms with Crippen LogP contribution in [0.5, 0.6) is 0 Å². The first-order chi connectivity index (χ1) is 9.88. The predicted octanol–water partition coefficient (Wildman–Crippen LogP) is 2.75. The normalized spacial score (nSPS) is 11.8. The highest BCUT2D eigenvalue weighted by molar-refractivity contribution is 7.92. The molecule has 2 N–H and O–H groups in total. The third kappa shape index (κ3) is 4.26. The second-order valence-corrected chi connectivity index (χ2v) is 7.70. The summed E-state index contributed by atoms with van der Waals surface area (Å²) in [6, 6.07) is 5.47. The minimum Gasteiger partial charge on any atom is -0.310 e. The number of hydrogen-bond donors (Lipinski definition) is 2. The molecule has 0 amide bonds. The van der Waals surface area contributed by atoms with Gasteiger partial charge in [0.2, 0.25) is 0 Å². The lowest BCUT2D eigenvalue weighted by molar-refractivity contribution is 0.592. The van der Waals surface area contributed by atoms with Gasteiger partial charge in [0.05, 0.1) is 16.3 Å². The molecule has 2 rings (SSSR count). The van der Waals surface area contributed by atoms with Gasteiger partial charge in [-0.2, -0.15) is 0 Å². The maximum absolute atomic E-state index is 12.4. The highest BCUT2D eigenvalue weighted by atomic mass is 32.2. The quantitative estimate of drug-likeness (QED) is 0.857. The summed E-state index contributed by atoms with van der Waals surface area (Å²) in [4.78, 5) is 5.36. The van der Waals surface area contributed by atoms with Crippen LogP contribution in [0.3, 0.4) is 0 Å². The van der Waals surface area contributed by atoms with Crippen LogP contribution in [0.15, 0.2) is 34.7 Å². The van der Waals surface area contributed by atoms with Crippen molar-refractivity contribution in [1.82, 2.24) is 10.3 Å². The predicted molar refractivity (Wildman–Crippen MR) is 86.1 cm³/mol. The van der Waals surface area contributed by atoms with Crippen LogP contribution in [0, 0.1) is 6.92 Å². The summed E-state index contributed by atoms with van der Waals surface area (Å²) in [5.74, 6) is 0. The van der Waals surface area contributed by atoms with E-state index >= 15 is 0 Å². The number of aromatic nitrogens is 1. The Morgan fingerprint density at radius 3 is 2.81 bits per heavy atom. The molecule has 0 radical (unpaired) electrons. The minimum absolute atomic E-state index is 0.288. The molecule has 0 saturated heterocycles. The highest BCUT2D eigenvalue weighted by Gasteiger charge is 2.17. The number of rotatable bonds is 6. The number of nitrogens with zero attached hydrogens (tertiary/aromatic N) is 1. The van der Waals surface area contributed by atoms with Gasteiger partial charge in [0.1, 0.15) is 0 Å². The topological polar surface area (TPSA) is 71.1 Å². The minimum atomic E-state index is -3.56. The van der Waals surface area contributed by atoms with Gasteiger partial charge in [-0.25, -0.2) is 8.42 Å². The number of aryl methyl sites for hydroxylation is 1. The SMILES string of the molecule is Cc1ncccc1NS(=O)(=O)c1csc(CNC(C)C)c1. The Bertz CT molecular complexity index is 709. The van der Waals surface area contributed by atoms with Gasteiger partial charge in [0.15, 0.2) is 0 Å². The Labute approximate surface area is 129 Å². The molecule has 0 aliphatic heterocycles. The molecule has 2 aromatic heterocycles. The molecular weight excluding hydrogens is 306 g/mol. The van der Waals surface area contributed by atoms with E-state index in [2.05, 4.69) is 28.9 Å². The first kappa shape index (κ1) is 15.9. The van der Waals surface area contributed by atoms with Crippen molar-refractivity contribution in [1.29, 1.82) is 0 Å². The first-order valence-corrected chi connectivity index (χ1v) is 9.00. The lowest BCUT2D eigenvalue weighted by Gasteiger charge is -2.08. The van der Waals surface area contributed by atoms with Crippen LogP contribution in [0.4, 0.5) is 5.69 Å². The third-order valence-electron chi connectivity index (χ3n) is 2.88. The lowest BCUT2D eigenvalue weighted by Crippen LogP contribution is -2.21. The number of hydrogen-bond acceptors (Lipinski definition) is 5. The molecule has 0 saturated carbocycles. The molecule has 2 aromatic rings. The molecule has 21 heavy (non-hydrogen) atoms. The summed E-state index contributed by atoms with van der Waals surface area (Å²) in [7, 11) is -3.56. The van der Waals surface area contributed by atoms with Crippen molar-refractivity contribution in [3.8, 4) is 0 Å². The number of anilines is 1. The van der Waals surface area contributed by atoms with Crippen molar-refractivity contribution >= 4 is 27.0 Å². The maximum Gasteiger partial charge on any atom is 0.262 e. The van der Waals surface area contributed by atoms with Gasteiger partial charge < -0.3 is 5.32 Å². The van der Waals surface area contributed by atoms with Gasteiger partial charge in [-0.3, -0.25) is 9.71 Å². The van der Waals surface area contributed by atoms with Gasteiger partial charge in [-0.1, -0.05) is 13.8 Å². The van der Waals surface area contributed by atoms with Crippen molar-refractivity contribution in [2.45, 2.75) is 38.3 Å². The molecule has 5 nitrogen and oxygen atoms in total. The molecule has 0 fully saturated rings. The Kier molecular flexibility index (Phi) is 4.97. The van der Waals surface area contributed by atoms with Gasteiger partial charge in [-0.15, -0.1) is 11.3 Å². The van der Waals surface area contributed by atoms with Crippen LogP contribution in [0.2, 0.25) is 0 Å². The fourth-order valence-corrected chi connectivity index (χ4v) is 4.04. The number of sulfonamides is 1. The molecule has 114 valence electrons. The van der Waals surface area contributed by atoms with E-state index in [1.54, 1.807) is 36.7 Å². The molecule has 0 aromatic carbocycles. The highest BCUT2D eigenvalue weighted by Crippen LogP contribution is 2.23. The smallest absolute Gasteiger partial charge is 0.262 e. The molecule has 0 unspecified atom stereocenters. The fraction of sp³-hybridized carbons (Fsp3) is 0.357. The monoisotopic (exact) mass is 325 g/mol. The molecular formula is C14H19N3O2S2. The van der Waals surface area contributed by atoms with Gasteiger partial charge >= 0.3 is 0 Å². The van der Waals surface area contributed by atoms with Crippen molar-refractivity contribution in [3.05, 3.63) is 40.3 Å². The molecule has 0 spiro atoms. The molecule has 0 aliphatic carbocycles. The van der Waals surface area contributed by atoms with Crippen LogP contribution in [0.1, 0.15) is 24.4 Å². The van der Waals surface area contributed by atoms with Crippen molar-refractivity contribution in [2.75, 3.05) is 4.72 Å². The van der Waals surface area contributed by atoms with E-state index in [9.17, 15) is 8.42 Å². The van der Waals surface area contributed by atoms with E-state index < -0.39 is 10.0 Å². The van der Waals surface area contributed by atoms with Crippen molar-refractivity contribution in [2.24, 2.45) is 0 Å². The van der Waals surface area contributed by atoms with Crippen LogP contribution in [-0.2, 0) is 16.6 Å². The zero-order valence-electron chi connectivity index (χ0n) is 12.3. The maximum atomic E-state index is 12.4. The van der Waals surface area contributed by atoms with E-state index in [1.807, 2.05) is 0 Å². The largest absolute Gasteiger partial charge is 0.310 e. The Morgan fingerprint density at radius 1 is 1.38 bits per heavy atom. The molecule has 2 heterocycles. The average Bonchev–Trinajstić information content (AvgIpc) is 2.88. The van der Waals surface area contributed by atoms with E-state index in [0.29, 0.717) is 24.0 Å². The Hall–Kier alpha value is -1.44. The fourth-order valence-electron chi connectivity index (χ4n) is 1.69. The second-order valence-electron chi connectivity index (χ2n) is 5.03. The summed E-state index contributed by atoms with van der Waals surface area (Å²) in [5, 5.41) is 4.93. The standard InChI is InChI=1S/C14H19N3O2S2/c1-10(2)16-8-12-7-13(9-20-12)21(18,19)17-14-5-4-6-15-11(14)3/h4-7,9-10,16-17H,8H2,1-3H3. The van der Waals surface area contributed by atoms with Gasteiger partial charge in [0.25, 0.3) is 10.0 Å². The average molecular weight is 325 g/mol. The van der Waals surface area contributed by atoms with E-state index in [-0.39, 0.29) is 4.90 Å². The van der Waals surface area contributed by atoms with E-state index in [1.165, 1.54) is 11.3 Å². The summed E-state index contributed by atoms with van der Waals surface area (Å²) in [6.45, 7) is 6.54. The zero-order chi connectivity index (χ0) is 15.5. The summed E-state index contributed by atoms with van der Waals surface area (Å²) < 4.78 is 27.3. The summed E-state index contributed by atoms with van der Waals surface area (Å²) in [6.07, 6.45) is 1.63. The summed E-state index contributed by atoms with van der Waals surface area (Å²) in [5.41, 5.74) is 1.16. The Morgan fingerprint density at radius 2 is 2.14 bits per heavy atom. The zero-order valence-corrected chi connectivity index (χ0v) is 13.9. The number of nitrogens with one attached hydrogen (secondary N) is 2. The third-order valence-corrected chi connectivity index (χ3v) is 5.31. The molecule has 0 atom stereocenters. The molecule has 0 aliphatic rings.